The molecule has 4 rings (SSSR count). The van der Waals surface area contributed by atoms with E-state index in [0.29, 0.717) is 33.2 Å². The molecule has 1 amide bonds. The van der Waals surface area contributed by atoms with Crippen molar-refractivity contribution in [2.75, 3.05) is 5.32 Å². The van der Waals surface area contributed by atoms with Gasteiger partial charge in [-0.05, 0) is 50.1 Å². The fourth-order valence-electron chi connectivity index (χ4n) is 3.14. The van der Waals surface area contributed by atoms with Crippen LogP contribution in [0.5, 0.6) is 0 Å². The van der Waals surface area contributed by atoms with Gasteiger partial charge in [-0.25, -0.2) is 9.67 Å². The Balaban J connectivity index is 1.76. The zero-order valence-electron chi connectivity index (χ0n) is 16.5. The molecule has 0 fully saturated rings. The molecule has 0 atom stereocenters. The summed E-state index contributed by atoms with van der Waals surface area (Å²) in [5.74, 6) is 0.416. The predicted octanol–water partition coefficient (Wildman–Crippen LogP) is 5.05. The lowest BCUT2D eigenvalue weighted by Gasteiger charge is -2.11. The Hall–Kier alpha value is -3.19. The van der Waals surface area contributed by atoms with Crippen molar-refractivity contribution in [3.8, 4) is 5.69 Å². The normalized spacial score (nSPS) is 11.4. The van der Waals surface area contributed by atoms with Crippen LogP contribution in [0.4, 0.5) is 5.82 Å². The molecule has 0 saturated carbocycles. The lowest BCUT2D eigenvalue weighted by molar-refractivity contribution is 0.102. The van der Waals surface area contributed by atoms with E-state index in [0.717, 1.165) is 17.1 Å². The summed E-state index contributed by atoms with van der Waals surface area (Å²) >= 11 is 5.99. The number of benzene rings is 1. The number of aromatic nitrogens is 4. The molecule has 0 radical (unpaired) electrons. The number of fused-ring (bicyclic) bond motifs is 1. The highest BCUT2D eigenvalue weighted by Gasteiger charge is 2.21. The van der Waals surface area contributed by atoms with Crippen LogP contribution >= 0.6 is 11.6 Å². The molecule has 0 aliphatic carbocycles. The minimum atomic E-state index is -0.277. The van der Waals surface area contributed by atoms with Gasteiger partial charge in [0.2, 0.25) is 0 Å². The first kappa shape index (κ1) is 19.1. The Morgan fingerprint density at radius 2 is 1.90 bits per heavy atom. The van der Waals surface area contributed by atoms with E-state index in [-0.39, 0.29) is 11.8 Å². The fourth-order valence-corrected chi connectivity index (χ4v) is 3.27. The van der Waals surface area contributed by atoms with Crippen LogP contribution in [0.25, 0.3) is 16.8 Å². The minimum absolute atomic E-state index is 0.137. The molecular weight excluding hydrogens is 390 g/mol. The highest BCUT2D eigenvalue weighted by molar-refractivity contribution is 6.30. The molecule has 1 aromatic carbocycles. The SMILES string of the molecule is Cc1cc(NC(=O)c2cc(C(C)C)nc3onc(C)c23)n(-c2ccc(Cl)cc2)n1. The molecule has 0 aliphatic rings. The van der Waals surface area contributed by atoms with Gasteiger partial charge in [-0.2, -0.15) is 5.10 Å². The summed E-state index contributed by atoms with van der Waals surface area (Å²) in [4.78, 5) is 17.7. The summed E-state index contributed by atoms with van der Waals surface area (Å²) in [6.07, 6.45) is 0. The van der Waals surface area contributed by atoms with E-state index in [1.54, 1.807) is 29.8 Å². The predicted molar refractivity (Wildman–Crippen MR) is 112 cm³/mol. The van der Waals surface area contributed by atoms with Gasteiger partial charge < -0.3 is 9.84 Å². The van der Waals surface area contributed by atoms with Gasteiger partial charge in [0.1, 0.15) is 5.82 Å². The lowest BCUT2D eigenvalue weighted by atomic mass is 10.0. The first-order valence-electron chi connectivity index (χ1n) is 9.24. The Bertz CT molecular complexity index is 1210. The van der Waals surface area contributed by atoms with Crippen molar-refractivity contribution < 1.29 is 9.32 Å². The molecule has 0 saturated heterocycles. The number of aryl methyl sites for hydroxylation is 2. The van der Waals surface area contributed by atoms with Crippen LogP contribution in [0.2, 0.25) is 5.02 Å². The van der Waals surface area contributed by atoms with Crippen LogP contribution in [0.1, 0.15) is 47.2 Å². The molecule has 3 heterocycles. The highest BCUT2D eigenvalue weighted by atomic mass is 35.5. The van der Waals surface area contributed by atoms with E-state index in [1.165, 1.54) is 0 Å². The van der Waals surface area contributed by atoms with Gasteiger partial charge in [-0.1, -0.05) is 30.6 Å². The molecule has 4 aromatic rings. The average molecular weight is 410 g/mol. The maximum Gasteiger partial charge on any atom is 0.259 e. The molecule has 0 bridgehead atoms. The van der Waals surface area contributed by atoms with Gasteiger partial charge in [0.15, 0.2) is 0 Å². The van der Waals surface area contributed by atoms with Crippen molar-refractivity contribution in [2.45, 2.75) is 33.6 Å². The second kappa shape index (κ2) is 7.33. The zero-order valence-corrected chi connectivity index (χ0v) is 17.3. The Labute approximate surface area is 172 Å². The molecule has 148 valence electrons. The minimum Gasteiger partial charge on any atom is -0.336 e. The number of rotatable bonds is 4. The summed E-state index contributed by atoms with van der Waals surface area (Å²) in [5.41, 5.74) is 3.79. The number of carbonyl (C=O) groups excluding carboxylic acids is 1. The summed E-state index contributed by atoms with van der Waals surface area (Å²) < 4.78 is 6.99. The maximum absolute atomic E-state index is 13.2. The van der Waals surface area contributed by atoms with Crippen molar-refractivity contribution in [1.82, 2.24) is 19.9 Å². The van der Waals surface area contributed by atoms with E-state index in [4.69, 9.17) is 16.1 Å². The number of anilines is 1. The summed E-state index contributed by atoms with van der Waals surface area (Å²) in [5, 5.41) is 12.7. The molecule has 8 heteroatoms. The van der Waals surface area contributed by atoms with Crippen molar-refractivity contribution >= 4 is 34.4 Å². The number of amides is 1. The van der Waals surface area contributed by atoms with Gasteiger partial charge in [-0.3, -0.25) is 4.79 Å². The van der Waals surface area contributed by atoms with Gasteiger partial charge in [0.05, 0.1) is 28.0 Å². The third-order valence-electron chi connectivity index (χ3n) is 4.62. The first-order valence-corrected chi connectivity index (χ1v) is 9.62. The van der Waals surface area contributed by atoms with Gasteiger partial charge >= 0.3 is 0 Å². The third kappa shape index (κ3) is 3.61. The summed E-state index contributed by atoms with van der Waals surface area (Å²) in [6, 6.07) is 10.9. The number of nitrogens with one attached hydrogen (secondary N) is 1. The Morgan fingerprint density at radius 3 is 2.59 bits per heavy atom. The molecule has 0 aliphatic heterocycles. The number of halogens is 1. The monoisotopic (exact) mass is 409 g/mol. The largest absolute Gasteiger partial charge is 0.336 e. The number of pyridine rings is 1. The van der Waals surface area contributed by atoms with Crippen molar-refractivity contribution in [3.63, 3.8) is 0 Å². The number of hydrogen-bond donors (Lipinski definition) is 1. The number of nitrogens with zero attached hydrogens (tertiary/aromatic N) is 4. The molecule has 0 unspecified atom stereocenters. The van der Waals surface area contributed by atoms with Crippen LogP contribution in [-0.4, -0.2) is 25.8 Å². The molecule has 7 nitrogen and oxygen atoms in total. The van der Waals surface area contributed by atoms with Crippen molar-refractivity contribution in [2.24, 2.45) is 0 Å². The van der Waals surface area contributed by atoms with Crippen LogP contribution in [0, 0.1) is 13.8 Å². The lowest BCUT2D eigenvalue weighted by Crippen LogP contribution is -2.16. The highest BCUT2D eigenvalue weighted by Crippen LogP contribution is 2.26. The van der Waals surface area contributed by atoms with Gasteiger partial charge in [-0.15, -0.1) is 0 Å². The molecular formula is C21H20ClN5O2. The van der Waals surface area contributed by atoms with E-state index < -0.39 is 0 Å². The standard InChI is InChI=1S/C21H20ClN5O2/c1-11(2)17-10-16(19-13(4)26-29-21(19)23-17)20(28)24-18-9-12(3)25-27(18)15-7-5-14(22)6-8-15/h5-11H,1-4H3,(H,24,28). The Morgan fingerprint density at radius 1 is 1.17 bits per heavy atom. The summed E-state index contributed by atoms with van der Waals surface area (Å²) in [6.45, 7) is 7.69. The smallest absolute Gasteiger partial charge is 0.259 e. The molecule has 29 heavy (non-hydrogen) atoms. The number of hydrogen-bond acceptors (Lipinski definition) is 5. The van der Waals surface area contributed by atoms with E-state index in [1.807, 2.05) is 39.0 Å². The number of carbonyl (C=O) groups is 1. The van der Waals surface area contributed by atoms with E-state index >= 15 is 0 Å². The van der Waals surface area contributed by atoms with Crippen LogP contribution in [-0.2, 0) is 0 Å². The zero-order chi connectivity index (χ0) is 20.7. The molecule has 0 spiro atoms. The van der Waals surface area contributed by atoms with Crippen LogP contribution in [0.15, 0.2) is 40.9 Å². The second-order valence-corrected chi connectivity index (χ2v) is 7.65. The van der Waals surface area contributed by atoms with Crippen LogP contribution < -0.4 is 5.32 Å². The quantitative estimate of drug-likeness (QED) is 0.509. The molecule has 1 N–H and O–H groups in total. The van der Waals surface area contributed by atoms with Crippen molar-refractivity contribution in [3.05, 3.63) is 64.1 Å². The third-order valence-corrected chi connectivity index (χ3v) is 4.87. The second-order valence-electron chi connectivity index (χ2n) is 7.21. The van der Waals surface area contributed by atoms with Gasteiger partial charge in [0, 0.05) is 16.8 Å². The summed E-state index contributed by atoms with van der Waals surface area (Å²) in [7, 11) is 0. The first-order chi connectivity index (χ1) is 13.8. The Kier molecular flexibility index (Phi) is 4.84. The van der Waals surface area contributed by atoms with E-state index in [9.17, 15) is 4.79 Å². The van der Waals surface area contributed by atoms with Gasteiger partial charge in [0.25, 0.3) is 11.6 Å². The topological polar surface area (TPSA) is 85.8 Å². The van der Waals surface area contributed by atoms with Crippen molar-refractivity contribution in [1.29, 1.82) is 0 Å². The molecule has 3 aromatic heterocycles. The average Bonchev–Trinajstić information content (AvgIpc) is 3.24. The fraction of sp³-hybridized carbons (Fsp3) is 0.238. The van der Waals surface area contributed by atoms with Crippen LogP contribution in [0.3, 0.4) is 0 Å². The maximum atomic E-state index is 13.2. The van der Waals surface area contributed by atoms with E-state index in [2.05, 4.69) is 20.6 Å².